The monoisotopic (exact) mass is 1100 g/mol. The van der Waals surface area contributed by atoms with Crippen LogP contribution in [-0.4, -0.2) is 76.6 Å². The molecule has 1 aromatic carbocycles. The number of benzene rings is 1. The number of fused-ring (bicyclic) bond motifs is 4. The number of hydrogen-bond donors (Lipinski definition) is 2. The minimum atomic E-state index is -6.03. The van der Waals surface area contributed by atoms with Crippen LogP contribution in [0.3, 0.4) is 0 Å². The van der Waals surface area contributed by atoms with Crippen molar-refractivity contribution in [2.24, 2.45) is 10.2 Å². The molecule has 0 saturated carbocycles. The van der Waals surface area contributed by atoms with Gasteiger partial charge in [-0.3, -0.25) is 25.8 Å². The van der Waals surface area contributed by atoms with Gasteiger partial charge in [-0.2, -0.15) is 10.2 Å². The summed E-state index contributed by atoms with van der Waals surface area (Å²) >= 11 is 8.16. The SMILES string of the molecule is C=CCOc1cccnc1C1=NNC(c2ccccn2)=NN1.CC(=O)OI1(OC(C)=O)(OC(C)=O)OC(=O)c2ccccc21.[2H]C(Cl)(Cl)Cl.c1ccc(-c2cc3c(nn2)-c2ncccc2OC3)nc1. The number of nitrogens with one attached hydrogen (secondary N) is 2. The third-order valence-electron chi connectivity index (χ3n) is 8.34. The van der Waals surface area contributed by atoms with Crippen molar-refractivity contribution in [2.75, 3.05) is 6.61 Å². The van der Waals surface area contributed by atoms with E-state index in [4.69, 9.17) is 57.9 Å². The van der Waals surface area contributed by atoms with Crippen molar-refractivity contribution in [1.82, 2.24) is 41.0 Å². The normalized spacial score (nSPS) is 14.9. The molecule has 0 saturated heterocycles. The molecule has 0 aliphatic carbocycles. The first-order chi connectivity index (χ1) is 33.0. The number of carbonyl (C=O) groups excluding carboxylic acids is 4. The molecule has 0 bridgehead atoms. The van der Waals surface area contributed by atoms with E-state index in [1.54, 1.807) is 43.0 Å². The van der Waals surface area contributed by atoms with Gasteiger partial charge in [-0.25, -0.2) is 4.98 Å². The molecular weight excluding hydrogens is 1060 g/mol. The summed E-state index contributed by atoms with van der Waals surface area (Å²) in [4.78, 5) is 63.8. The zero-order valence-corrected chi connectivity index (χ0v) is 40.3. The number of ether oxygens (including phenoxy) is 2. The number of hydrazone groups is 2. The predicted molar refractivity (Wildman–Crippen MR) is 258 cm³/mol. The van der Waals surface area contributed by atoms with E-state index in [9.17, 15) is 19.2 Å². The second kappa shape index (κ2) is 22.9. The van der Waals surface area contributed by atoms with Gasteiger partial charge in [0.15, 0.2) is 21.6 Å². The molecule has 9 rings (SSSR count). The van der Waals surface area contributed by atoms with E-state index in [2.05, 4.69) is 57.8 Å². The van der Waals surface area contributed by atoms with Gasteiger partial charge >= 0.3 is 128 Å². The Hall–Kier alpha value is -7.34. The van der Waals surface area contributed by atoms with Crippen molar-refractivity contribution >= 4 is 89.1 Å². The molecular formula is C44H38Cl3IN10O10. The zero-order chi connectivity index (χ0) is 49.6. The van der Waals surface area contributed by atoms with Crippen LogP contribution in [0.15, 0.2) is 139 Å². The molecule has 3 aliphatic heterocycles. The fourth-order valence-electron chi connectivity index (χ4n) is 5.93. The summed E-state index contributed by atoms with van der Waals surface area (Å²) in [5.74, 6) is -1.28. The Morgan fingerprint density at radius 2 is 1.31 bits per heavy atom. The van der Waals surface area contributed by atoms with Crippen LogP contribution in [0.1, 0.15) is 49.5 Å². The first-order valence-electron chi connectivity index (χ1n) is 20.0. The molecule has 68 heavy (non-hydrogen) atoms. The Labute approximate surface area is 407 Å². The molecule has 352 valence electrons. The smallest absolute Gasteiger partial charge is 0.180 e. The molecule has 0 unspecified atom stereocenters. The van der Waals surface area contributed by atoms with Crippen LogP contribution in [0, 0.1) is 3.57 Å². The van der Waals surface area contributed by atoms with Crippen molar-refractivity contribution in [3.8, 4) is 34.3 Å². The Bertz CT molecular complexity index is 2880. The molecule has 20 nitrogen and oxygen atoms in total. The van der Waals surface area contributed by atoms with Gasteiger partial charge in [0.05, 0.1) is 7.06 Å². The van der Waals surface area contributed by atoms with Crippen molar-refractivity contribution in [3.63, 3.8) is 0 Å². The van der Waals surface area contributed by atoms with Gasteiger partial charge in [0, 0.05) is 30.4 Å². The average Bonchev–Trinajstić information content (AvgIpc) is 3.56. The second-order valence-electron chi connectivity index (χ2n) is 13.2. The fraction of sp³-hybridized carbons (Fsp3) is 0.136. The van der Waals surface area contributed by atoms with E-state index in [1.165, 1.54) is 18.2 Å². The number of nitrogens with zero attached hydrogens (tertiary/aromatic N) is 8. The number of carbonyl (C=O) groups is 4. The summed E-state index contributed by atoms with van der Waals surface area (Å²) in [6, 6.07) is 26.4. The Morgan fingerprint density at radius 1 is 0.735 bits per heavy atom. The largest absolute Gasteiger partial charge is 0.486 e. The molecule has 0 atom stereocenters. The van der Waals surface area contributed by atoms with Crippen LogP contribution in [0.4, 0.5) is 0 Å². The van der Waals surface area contributed by atoms with Crippen molar-refractivity contribution in [1.29, 1.82) is 0 Å². The minimum absolute atomic E-state index is 0.0142. The summed E-state index contributed by atoms with van der Waals surface area (Å²) in [7, 11) is 0. The third-order valence-corrected chi connectivity index (χ3v) is 16.5. The summed E-state index contributed by atoms with van der Waals surface area (Å²) in [6.07, 6.45) is 8.49. The quantitative estimate of drug-likeness (QED) is 0.0799. The maximum Gasteiger partial charge on any atom is 0.180 e. The molecule has 0 spiro atoms. The van der Waals surface area contributed by atoms with Gasteiger partial charge in [0.1, 0.15) is 47.5 Å². The first kappa shape index (κ1) is 48.6. The maximum atomic E-state index is 12.1. The Balaban J connectivity index is 0.000000162. The molecule has 24 heteroatoms. The number of rotatable bonds is 9. The van der Waals surface area contributed by atoms with E-state index < -0.39 is 46.9 Å². The van der Waals surface area contributed by atoms with E-state index in [1.807, 2.05) is 60.7 Å². The van der Waals surface area contributed by atoms with Gasteiger partial charge in [0.2, 0.25) is 0 Å². The molecule has 2 N–H and O–H groups in total. The van der Waals surface area contributed by atoms with Crippen molar-refractivity contribution in [3.05, 3.63) is 155 Å². The summed E-state index contributed by atoms with van der Waals surface area (Å²) in [5, 5.41) is 17.0. The number of aromatic nitrogens is 6. The Morgan fingerprint density at radius 3 is 1.91 bits per heavy atom. The zero-order valence-electron chi connectivity index (χ0n) is 36.8. The van der Waals surface area contributed by atoms with Gasteiger partial charge in [-0.05, 0) is 54.6 Å². The van der Waals surface area contributed by atoms with Crippen LogP contribution in [0.25, 0.3) is 22.8 Å². The van der Waals surface area contributed by atoms with Gasteiger partial charge in [-0.1, -0.05) is 59.6 Å². The third kappa shape index (κ3) is 12.4. The number of amidine groups is 2. The maximum absolute atomic E-state index is 12.1. The van der Waals surface area contributed by atoms with Crippen molar-refractivity contribution in [2.45, 2.75) is 31.6 Å². The van der Waals surface area contributed by atoms with Crippen LogP contribution in [-0.2, 0) is 33.3 Å². The fourth-order valence-corrected chi connectivity index (χ4v) is 13.7. The molecule has 0 amide bonds. The summed E-state index contributed by atoms with van der Waals surface area (Å²) in [5.41, 5.74) is 11.1. The summed E-state index contributed by atoms with van der Waals surface area (Å²) < 4.78 is 36.1. The van der Waals surface area contributed by atoms with E-state index in [0.717, 1.165) is 54.9 Å². The van der Waals surface area contributed by atoms with Crippen molar-refractivity contribution < 1.29 is 42.3 Å². The minimum Gasteiger partial charge on any atom is -0.486 e. The molecule has 0 radical (unpaired) electrons. The number of pyridine rings is 4. The second-order valence-corrected chi connectivity index (χ2v) is 21.8. The van der Waals surface area contributed by atoms with E-state index >= 15 is 0 Å². The number of halogens is 4. The number of alkyl halides is 3. The Kier molecular flexibility index (Phi) is 16.4. The molecule has 8 heterocycles. The van der Waals surface area contributed by atoms with E-state index in [-0.39, 0.29) is 9.13 Å². The van der Waals surface area contributed by atoms with Gasteiger partial charge < -0.3 is 9.47 Å². The first-order valence-corrected chi connectivity index (χ1v) is 25.3. The molecule has 6 aromatic rings. The van der Waals surface area contributed by atoms with E-state index in [0.29, 0.717) is 42.0 Å². The average molecular weight is 1100 g/mol. The number of hydrogen-bond acceptors (Lipinski definition) is 20. The predicted octanol–water partition coefficient (Wildman–Crippen LogP) is 7.69. The van der Waals surface area contributed by atoms with Crippen LogP contribution in [0.2, 0.25) is 0 Å². The molecule has 0 fully saturated rings. The van der Waals surface area contributed by atoms with Crippen LogP contribution in [0.5, 0.6) is 11.5 Å². The topological polar surface area (TPSA) is 250 Å². The van der Waals surface area contributed by atoms with Crippen LogP contribution < -0.4 is 20.3 Å². The van der Waals surface area contributed by atoms with Gasteiger partial charge in [-0.15, -0.1) is 10.2 Å². The summed E-state index contributed by atoms with van der Waals surface area (Å²) in [6.45, 7) is 7.57. The van der Waals surface area contributed by atoms with Crippen LogP contribution >= 0.6 is 53.5 Å². The van der Waals surface area contributed by atoms with Gasteiger partial charge in [0.25, 0.3) is 0 Å². The molecule has 5 aromatic heterocycles. The standard InChI is InChI=1S/C15H14N6O.C15H10N4O.C13H13IO8.CHCl3/c1-2-10-22-12-7-5-9-17-13(12)15-20-18-14(19-21-15)11-6-3-4-8-16-11;1-2-6-16-11(4-1)12-8-10-9-20-13-5-3-7-17-15(13)14(10)19-18-12;1-8(15)19-14(20-9(2)16,21-10(3)17)12-7-5-4-6-11(12)13(18)22-14;2-1(3)4/h2-9H,1,10H2,(H,18,19)(H,20,21);1-8H,9H2;4-7H,1-3H3;1H/i;;;1D. The molecule has 3 aliphatic rings.